The maximum Gasteiger partial charge on any atom is 0.309 e. The Bertz CT molecular complexity index is 444. The number of aliphatic carboxylic acids is 1. The fourth-order valence-electron chi connectivity index (χ4n) is 2.26. The maximum atomic E-state index is 11.1. The molecule has 1 aromatic rings. The smallest absolute Gasteiger partial charge is 0.309 e. The van der Waals surface area contributed by atoms with E-state index >= 15 is 0 Å². The summed E-state index contributed by atoms with van der Waals surface area (Å²) >= 11 is 0. The van der Waals surface area contributed by atoms with Crippen LogP contribution in [-0.2, 0) is 16.0 Å². The molecular weight excluding hydrogens is 256 g/mol. The summed E-state index contributed by atoms with van der Waals surface area (Å²) in [5.41, 5.74) is 0.264. The van der Waals surface area contributed by atoms with Gasteiger partial charge in [0, 0.05) is 12.8 Å². The number of carboxylic acid groups (broad SMARTS) is 1. The monoisotopic (exact) mass is 278 g/mol. The fraction of sp³-hybridized carbons (Fsp3) is 0.562. The molecule has 1 aliphatic heterocycles. The van der Waals surface area contributed by atoms with E-state index < -0.39 is 11.4 Å². The van der Waals surface area contributed by atoms with Gasteiger partial charge in [0.25, 0.3) is 0 Å². The second-order valence-corrected chi connectivity index (χ2v) is 5.94. The molecule has 4 heteroatoms. The van der Waals surface area contributed by atoms with Crippen molar-refractivity contribution in [2.75, 3.05) is 13.2 Å². The van der Waals surface area contributed by atoms with Crippen LogP contribution in [-0.4, -0.2) is 30.4 Å². The molecule has 110 valence electrons. The number of rotatable bonds is 5. The van der Waals surface area contributed by atoms with E-state index in [1.807, 2.05) is 24.3 Å². The van der Waals surface area contributed by atoms with E-state index in [2.05, 4.69) is 0 Å². The summed E-state index contributed by atoms with van der Waals surface area (Å²) < 4.78 is 11.2. The van der Waals surface area contributed by atoms with Crippen LogP contribution in [0.1, 0.15) is 32.3 Å². The molecule has 0 aromatic heterocycles. The SMILES string of the molecule is CC(C)(Cc1ccc(OC2CCOCC2)cc1)C(=O)O. The van der Waals surface area contributed by atoms with Gasteiger partial charge >= 0.3 is 5.97 Å². The van der Waals surface area contributed by atoms with Gasteiger partial charge in [-0.3, -0.25) is 4.79 Å². The van der Waals surface area contributed by atoms with Gasteiger partial charge in [-0.25, -0.2) is 0 Å². The first-order chi connectivity index (χ1) is 9.47. The van der Waals surface area contributed by atoms with Crippen molar-refractivity contribution < 1.29 is 19.4 Å². The van der Waals surface area contributed by atoms with Gasteiger partial charge in [0.1, 0.15) is 11.9 Å². The lowest BCUT2D eigenvalue weighted by Crippen LogP contribution is -2.26. The third-order valence-electron chi connectivity index (χ3n) is 3.62. The summed E-state index contributed by atoms with van der Waals surface area (Å²) in [5, 5.41) is 9.14. The van der Waals surface area contributed by atoms with E-state index in [0.29, 0.717) is 6.42 Å². The standard InChI is InChI=1S/C16H22O4/c1-16(2,15(17)18)11-12-3-5-13(6-4-12)20-14-7-9-19-10-8-14/h3-6,14H,7-11H2,1-2H3,(H,17,18). The van der Waals surface area contributed by atoms with Crippen LogP contribution in [0.4, 0.5) is 0 Å². The minimum atomic E-state index is -0.778. The highest BCUT2D eigenvalue weighted by Crippen LogP contribution is 2.24. The molecule has 2 rings (SSSR count). The van der Waals surface area contributed by atoms with Gasteiger partial charge in [0.15, 0.2) is 0 Å². The summed E-state index contributed by atoms with van der Waals surface area (Å²) in [6.45, 7) is 4.99. The van der Waals surface area contributed by atoms with E-state index in [1.165, 1.54) is 0 Å². The lowest BCUT2D eigenvalue weighted by Gasteiger charge is -2.23. The number of hydrogen-bond acceptors (Lipinski definition) is 3. The predicted octanol–water partition coefficient (Wildman–Crippen LogP) is 2.90. The van der Waals surface area contributed by atoms with Crippen LogP contribution < -0.4 is 4.74 Å². The van der Waals surface area contributed by atoms with Gasteiger partial charge in [-0.15, -0.1) is 0 Å². The van der Waals surface area contributed by atoms with Crippen molar-refractivity contribution in [3.8, 4) is 5.75 Å². The van der Waals surface area contributed by atoms with Crippen LogP contribution >= 0.6 is 0 Å². The fourth-order valence-corrected chi connectivity index (χ4v) is 2.26. The molecule has 4 nitrogen and oxygen atoms in total. The molecule has 20 heavy (non-hydrogen) atoms. The minimum absolute atomic E-state index is 0.227. The summed E-state index contributed by atoms with van der Waals surface area (Å²) in [6, 6.07) is 7.73. The first-order valence-electron chi connectivity index (χ1n) is 7.04. The van der Waals surface area contributed by atoms with Crippen molar-refractivity contribution in [3.05, 3.63) is 29.8 Å². The molecular formula is C16H22O4. The molecule has 1 fully saturated rings. The third-order valence-corrected chi connectivity index (χ3v) is 3.62. The van der Waals surface area contributed by atoms with Crippen molar-refractivity contribution in [2.24, 2.45) is 5.41 Å². The van der Waals surface area contributed by atoms with Crippen LogP contribution in [0, 0.1) is 5.41 Å². The van der Waals surface area contributed by atoms with Gasteiger partial charge in [0.05, 0.1) is 18.6 Å². The minimum Gasteiger partial charge on any atom is -0.490 e. The van der Waals surface area contributed by atoms with Crippen LogP contribution in [0.5, 0.6) is 5.75 Å². The number of hydrogen-bond donors (Lipinski definition) is 1. The van der Waals surface area contributed by atoms with Crippen LogP contribution in [0.25, 0.3) is 0 Å². The van der Waals surface area contributed by atoms with Crippen molar-refractivity contribution in [1.82, 2.24) is 0 Å². The zero-order valence-corrected chi connectivity index (χ0v) is 12.1. The lowest BCUT2D eigenvalue weighted by atomic mass is 9.86. The highest BCUT2D eigenvalue weighted by molar-refractivity contribution is 5.74. The van der Waals surface area contributed by atoms with E-state index in [9.17, 15) is 4.79 Å². The molecule has 1 N–H and O–H groups in total. The van der Waals surface area contributed by atoms with Crippen molar-refractivity contribution >= 4 is 5.97 Å². The molecule has 1 aliphatic rings. The van der Waals surface area contributed by atoms with Crippen molar-refractivity contribution in [3.63, 3.8) is 0 Å². The highest BCUT2D eigenvalue weighted by Gasteiger charge is 2.27. The Kier molecular flexibility index (Phi) is 4.65. The predicted molar refractivity (Wildman–Crippen MR) is 76.0 cm³/mol. The van der Waals surface area contributed by atoms with Gasteiger partial charge in [-0.1, -0.05) is 12.1 Å². The number of carbonyl (C=O) groups is 1. The first kappa shape index (κ1) is 14.9. The Morgan fingerprint density at radius 3 is 2.45 bits per heavy atom. The zero-order chi connectivity index (χ0) is 14.6. The number of ether oxygens (including phenoxy) is 2. The molecule has 0 unspecified atom stereocenters. The Morgan fingerprint density at radius 2 is 1.90 bits per heavy atom. The Balaban J connectivity index is 1.94. The quantitative estimate of drug-likeness (QED) is 0.899. The summed E-state index contributed by atoms with van der Waals surface area (Å²) in [5.74, 6) is 0.0637. The van der Waals surface area contributed by atoms with E-state index in [-0.39, 0.29) is 6.10 Å². The van der Waals surface area contributed by atoms with Crippen LogP contribution in [0.15, 0.2) is 24.3 Å². The average Bonchev–Trinajstić information content (AvgIpc) is 2.42. The van der Waals surface area contributed by atoms with Crippen LogP contribution in [0.3, 0.4) is 0 Å². The highest BCUT2D eigenvalue weighted by atomic mass is 16.5. The molecule has 0 bridgehead atoms. The molecule has 0 amide bonds. The first-order valence-corrected chi connectivity index (χ1v) is 7.04. The normalized spacial score (nSPS) is 16.9. The number of benzene rings is 1. The molecule has 0 radical (unpaired) electrons. The third kappa shape index (κ3) is 3.97. The molecule has 1 heterocycles. The van der Waals surface area contributed by atoms with Crippen molar-refractivity contribution in [1.29, 1.82) is 0 Å². The lowest BCUT2D eigenvalue weighted by molar-refractivity contribution is -0.146. The molecule has 0 aliphatic carbocycles. The molecule has 1 saturated heterocycles. The van der Waals surface area contributed by atoms with Gasteiger partial charge in [-0.05, 0) is 38.0 Å². The molecule has 0 spiro atoms. The second-order valence-electron chi connectivity index (χ2n) is 5.94. The topological polar surface area (TPSA) is 55.8 Å². The largest absolute Gasteiger partial charge is 0.490 e. The van der Waals surface area contributed by atoms with E-state index in [1.54, 1.807) is 13.8 Å². The second kappa shape index (κ2) is 6.27. The van der Waals surface area contributed by atoms with Gasteiger partial charge in [-0.2, -0.15) is 0 Å². The van der Waals surface area contributed by atoms with Crippen molar-refractivity contribution in [2.45, 2.75) is 39.2 Å². The zero-order valence-electron chi connectivity index (χ0n) is 12.1. The number of carboxylic acids is 1. The summed E-state index contributed by atoms with van der Waals surface area (Å²) in [6.07, 6.45) is 2.59. The molecule has 0 atom stereocenters. The Hall–Kier alpha value is -1.55. The van der Waals surface area contributed by atoms with Gasteiger partial charge < -0.3 is 14.6 Å². The maximum absolute atomic E-state index is 11.1. The van der Waals surface area contributed by atoms with E-state index in [0.717, 1.165) is 37.4 Å². The van der Waals surface area contributed by atoms with E-state index in [4.69, 9.17) is 14.6 Å². The van der Waals surface area contributed by atoms with Gasteiger partial charge in [0.2, 0.25) is 0 Å². The average molecular weight is 278 g/mol. The Morgan fingerprint density at radius 1 is 1.30 bits per heavy atom. The summed E-state index contributed by atoms with van der Waals surface area (Å²) in [4.78, 5) is 11.1. The summed E-state index contributed by atoms with van der Waals surface area (Å²) in [7, 11) is 0. The Labute approximate surface area is 119 Å². The molecule has 0 saturated carbocycles. The van der Waals surface area contributed by atoms with Crippen LogP contribution in [0.2, 0.25) is 0 Å². The molecule has 1 aromatic carbocycles.